The van der Waals surface area contributed by atoms with Crippen LogP contribution in [0.5, 0.6) is 0 Å². The van der Waals surface area contributed by atoms with E-state index in [2.05, 4.69) is 16.1 Å². The van der Waals surface area contributed by atoms with Crippen LogP contribution in [0, 0.1) is 5.41 Å². The Bertz CT molecular complexity index is 1660. The number of imide groups is 1. The maximum absolute atomic E-state index is 13.3. The zero-order chi connectivity index (χ0) is 30.5. The second-order valence-corrected chi connectivity index (χ2v) is 14.0. The topological polar surface area (TPSA) is 122 Å². The molecule has 0 unspecified atom stereocenters. The highest BCUT2D eigenvalue weighted by molar-refractivity contribution is 7.90. The highest BCUT2D eigenvalue weighted by Gasteiger charge is 2.46. The molecule has 1 aliphatic heterocycles. The van der Waals surface area contributed by atoms with Gasteiger partial charge in [0, 0.05) is 31.3 Å². The van der Waals surface area contributed by atoms with Crippen LogP contribution in [-0.2, 0) is 56.5 Å². The van der Waals surface area contributed by atoms with Gasteiger partial charge in [0.2, 0.25) is 5.91 Å². The smallest absolute Gasteiger partial charge is 0.333 e. The van der Waals surface area contributed by atoms with E-state index >= 15 is 0 Å². The number of methoxy groups -OCH3 is 1. The van der Waals surface area contributed by atoms with Crippen molar-refractivity contribution in [3.05, 3.63) is 81.4 Å². The van der Waals surface area contributed by atoms with Crippen molar-refractivity contribution in [3.63, 3.8) is 0 Å². The van der Waals surface area contributed by atoms with Gasteiger partial charge in [-0.05, 0) is 104 Å². The van der Waals surface area contributed by atoms with E-state index in [1.54, 1.807) is 19.2 Å². The molecule has 2 aromatic rings. The fourth-order valence-electron chi connectivity index (χ4n) is 6.91. The number of fused-ring (bicyclic) bond motifs is 2. The summed E-state index contributed by atoms with van der Waals surface area (Å²) in [5, 5.41) is 2.86. The van der Waals surface area contributed by atoms with Crippen LogP contribution < -0.4 is 10.0 Å². The molecule has 43 heavy (non-hydrogen) atoms. The monoisotopic (exact) mass is 603 g/mol. The van der Waals surface area contributed by atoms with Crippen molar-refractivity contribution in [1.82, 2.24) is 9.62 Å². The molecule has 0 aromatic heterocycles. The summed E-state index contributed by atoms with van der Waals surface area (Å²) in [6, 6.07) is 7.63. The van der Waals surface area contributed by atoms with E-state index < -0.39 is 21.5 Å². The van der Waals surface area contributed by atoms with Gasteiger partial charge in [0.15, 0.2) is 0 Å². The number of carbonyl (C=O) groups excluding carboxylic acids is 3. The number of allylic oxidation sites excluding steroid dienone is 1. The van der Waals surface area contributed by atoms with Crippen LogP contribution in [-0.4, -0.2) is 50.9 Å². The fraction of sp³-hybridized carbons (Fsp3) is 0.424. The van der Waals surface area contributed by atoms with E-state index in [0.29, 0.717) is 18.4 Å². The van der Waals surface area contributed by atoms with Gasteiger partial charge < -0.3 is 10.1 Å². The molecule has 2 N–H and O–H groups in total. The van der Waals surface area contributed by atoms with Crippen molar-refractivity contribution < 1.29 is 27.5 Å². The first-order valence-corrected chi connectivity index (χ1v) is 16.4. The van der Waals surface area contributed by atoms with E-state index in [9.17, 15) is 22.8 Å². The van der Waals surface area contributed by atoms with Crippen molar-refractivity contribution in [2.24, 2.45) is 5.41 Å². The third-order valence-electron chi connectivity index (χ3n) is 9.26. The Morgan fingerprint density at radius 3 is 2.30 bits per heavy atom. The molecule has 6 rings (SSSR count). The predicted molar refractivity (Wildman–Crippen MR) is 162 cm³/mol. The number of amides is 4. The number of urea groups is 1. The van der Waals surface area contributed by atoms with E-state index in [1.165, 1.54) is 28.2 Å². The molecule has 4 aliphatic rings. The highest BCUT2D eigenvalue weighted by atomic mass is 32.2. The maximum Gasteiger partial charge on any atom is 0.333 e. The quantitative estimate of drug-likeness (QED) is 0.453. The van der Waals surface area contributed by atoms with Gasteiger partial charge in [0.05, 0.1) is 16.4 Å². The molecule has 2 aromatic carbocycles. The summed E-state index contributed by atoms with van der Waals surface area (Å²) in [5.41, 5.74) is 6.76. The van der Waals surface area contributed by atoms with Gasteiger partial charge >= 0.3 is 6.03 Å². The van der Waals surface area contributed by atoms with Crippen molar-refractivity contribution in [2.75, 3.05) is 19.0 Å². The number of nitrogens with one attached hydrogen (secondary N) is 2. The van der Waals surface area contributed by atoms with Gasteiger partial charge in [0.25, 0.3) is 15.9 Å². The first-order valence-electron chi connectivity index (χ1n) is 14.9. The van der Waals surface area contributed by atoms with Crippen LogP contribution in [0.25, 0.3) is 0 Å². The number of ether oxygens (including phenoxy) is 1. The molecule has 0 fully saturated rings. The number of carbonyl (C=O) groups is 3. The molecule has 0 spiro atoms. The summed E-state index contributed by atoms with van der Waals surface area (Å²) in [6.45, 7) is 3.81. The zero-order valence-electron chi connectivity index (χ0n) is 24.8. The maximum atomic E-state index is 13.3. The Kier molecular flexibility index (Phi) is 7.54. The Labute approximate surface area is 252 Å². The Hall–Kier alpha value is -3.76. The van der Waals surface area contributed by atoms with E-state index in [4.69, 9.17) is 4.74 Å². The molecule has 3 aliphatic carbocycles. The lowest BCUT2D eigenvalue weighted by atomic mass is 9.73. The van der Waals surface area contributed by atoms with Crippen LogP contribution >= 0.6 is 0 Å². The largest absolute Gasteiger partial charge is 0.377 e. The molecule has 4 amide bonds. The molecule has 9 nitrogen and oxygen atoms in total. The molecule has 0 saturated heterocycles. The lowest BCUT2D eigenvalue weighted by Gasteiger charge is -2.40. The molecule has 1 atom stereocenters. The molecular formula is C33H37N3O6S. The summed E-state index contributed by atoms with van der Waals surface area (Å²) in [7, 11) is -2.53. The Balaban J connectivity index is 1.12. The van der Waals surface area contributed by atoms with Gasteiger partial charge in [-0.3, -0.25) is 14.5 Å². The number of anilines is 1. The van der Waals surface area contributed by atoms with Crippen LogP contribution in [0.1, 0.15) is 60.9 Å². The lowest BCUT2D eigenvalue weighted by Crippen LogP contribution is -2.52. The molecule has 226 valence electrons. The van der Waals surface area contributed by atoms with Gasteiger partial charge in [-0.15, -0.1) is 0 Å². The summed E-state index contributed by atoms with van der Waals surface area (Å²) >= 11 is 0. The first-order chi connectivity index (χ1) is 20.5. The van der Waals surface area contributed by atoms with Gasteiger partial charge in [0.1, 0.15) is 0 Å². The number of nitrogens with zero attached hydrogens (tertiary/aromatic N) is 1. The minimum Gasteiger partial charge on any atom is -0.377 e. The lowest BCUT2D eigenvalue weighted by molar-refractivity contribution is -0.149. The Morgan fingerprint density at radius 1 is 1.02 bits per heavy atom. The number of benzene rings is 2. The van der Waals surface area contributed by atoms with Crippen LogP contribution in [0.15, 0.2) is 58.5 Å². The van der Waals surface area contributed by atoms with Crippen molar-refractivity contribution in [2.45, 2.75) is 76.2 Å². The van der Waals surface area contributed by atoms with Crippen molar-refractivity contribution in [1.29, 1.82) is 0 Å². The molecule has 0 saturated carbocycles. The Morgan fingerprint density at radius 2 is 1.67 bits per heavy atom. The van der Waals surface area contributed by atoms with Crippen LogP contribution in [0.2, 0.25) is 0 Å². The highest BCUT2D eigenvalue weighted by Crippen LogP contribution is 2.41. The molecule has 1 heterocycles. The third-order valence-corrected chi connectivity index (χ3v) is 10.6. The molecule has 10 heteroatoms. The average molecular weight is 604 g/mol. The normalized spacial score (nSPS) is 20.6. The second-order valence-electron chi connectivity index (χ2n) is 12.3. The van der Waals surface area contributed by atoms with Gasteiger partial charge in [-0.1, -0.05) is 30.4 Å². The van der Waals surface area contributed by atoms with E-state index in [0.717, 1.165) is 66.5 Å². The zero-order valence-corrected chi connectivity index (χ0v) is 25.6. The third kappa shape index (κ3) is 5.31. The van der Waals surface area contributed by atoms with E-state index in [-0.39, 0.29) is 29.4 Å². The van der Waals surface area contributed by atoms with Crippen molar-refractivity contribution >= 4 is 33.6 Å². The number of hydrogen-bond acceptors (Lipinski definition) is 6. The van der Waals surface area contributed by atoms with Gasteiger partial charge in [-0.25, -0.2) is 17.9 Å². The summed E-state index contributed by atoms with van der Waals surface area (Å²) in [4.78, 5) is 40.8. The van der Waals surface area contributed by atoms with Crippen LogP contribution in [0.4, 0.5) is 10.5 Å². The minimum atomic E-state index is -4.12. The van der Waals surface area contributed by atoms with Gasteiger partial charge in [-0.2, -0.15) is 0 Å². The van der Waals surface area contributed by atoms with Crippen molar-refractivity contribution in [3.8, 4) is 0 Å². The summed E-state index contributed by atoms with van der Waals surface area (Å²) < 4.78 is 33.7. The average Bonchev–Trinajstić information content (AvgIpc) is 3.65. The number of aryl methyl sites for hydroxylation is 2. The second kappa shape index (κ2) is 11.1. The predicted octanol–water partition coefficient (Wildman–Crippen LogP) is 4.38. The SMILES string of the molecule is CO[C@H]1C=CC2=C(C1)C(=O)N(CCc1ccc(S(=O)(=O)NC(=O)Nc3c4c(cc5c3CCC5)CCC4)cc1)C(=O)C2(C)C. The molecule has 0 bridgehead atoms. The molecular weight excluding hydrogens is 566 g/mol. The number of rotatable bonds is 7. The summed E-state index contributed by atoms with van der Waals surface area (Å²) in [6.07, 6.45) is 10.0. The number of hydrogen-bond donors (Lipinski definition) is 2. The standard InChI is InChI=1S/C33H37N3O6S/c1-33(2)28-15-12-23(42-3)19-27(28)30(37)36(31(33)38)17-16-20-10-13-24(14-11-20)43(40,41)35-32(39)34-29-25-8-4-6-21(25)18-22-7-5-9-26(22)29/h10-15,18,23H,4-9,16-17,19H2,1-3H3,(H2,34,35,39)/t23-/m0/s1. The summed E-state index contributed by atoms with van der Waals surface area (Å²) in [5.74, 6) is -0.573. The molecule has 0 radical (unpaired) electrons. The first kappa shape index (κ1) is 29.3. The van der Waals surface area contributed by atoms with E-state index in [1.807, 2.05) is 26.0 Å². The minimum absolute atomic E-state index is 0.0458. The number of sulfonamides is 1. The fourth-order valence-corrected chi connectivity index (χ4v) is 7.81. The van der Waals surface area contributed by atoms with Crippen LogP contribution in [0.3, 0.4) is 0 Å².